The van der Waals surface area contributed by atoms with Gasteiger partial charge in [-0.05, 0) is 31.1 Å². The van der Waals surface area contributed by atoms with Crippen LogP contribution in [0.4, 0.5) is 0 Å². The van der Waals surface area contributed by atoms with Crippen molar-refractivity contribution in [2.45, 2.75) is 32.3 Å². The van der Waals surface area contributed by atoms with Gasteiger partial charge in [-0.2, -0.15) is 0 Å². The Bertz CT molecular complexity index is 236. The van der Waals surface area contributed by atoms with Crippen molar-refractivity contribution in [2.24, 2.45) is 23.7 Å². The lowest BCUT2D eigenvalue weighted by atomic mass is 9.60. The van der Waals surface area contributed by atoms with Crippen molar-refractivity contribution < 1.29 is 9.53 Å². The van der Waals surface area contributed by atoms with E-state index in [2.05, 4.69) is 6.92 Å². The van der Waals surface area contributed by atoms with Gasteiger partial charge in [0.15, 0.2) is 0 Å². The summed E-state index contributed by atoms with van der Waals surface area (Å²) in [5, 5.41) is 0. The molecule has 0 aromatic carbocycles. The van der Waals surface area contributed by atoms with Crippen LogP contribution in [0, 0.1) is 23.7 Å². The predicted molar refractivity (Wildman–Crippen MR) is 43.4 cm³/mol. The maximum Gasteiger partial charge on any atom is 0.309 e. The Morgan fingerprint density at radius 3 is 3.00 bits per heavy atom. The van der Waals surface area contributed by atoms with E-state index in [1.54, 1.807) is 0 Å². The molecule has 4 aliphatic rings. The standard InChI is InChI=1S/C10H14O2/c1-5-6-2-3-7-8(4-6)10(11)12-9(5)7/h5-9H,2-4H2,1H3. The summed E-state index contributed by atoms with van der Waals surface area (Å²) >= 11 is 0. The van der Waals surface area contributed by atoms with Crippen LogP contribution in [0.3, 0.4) is 0 Å². The Labute approximate surface area is 72.3 Å². The van der Waals surface area contributed by atoms with E-state index in [-0.39, 0.29) is 18.0 Å². The van der Waals surface area contributed by atoms with Crippen LogP contribution in [-0.4, -0.2) is 12.1 Å². The monoisotopic (exact) mass is 166 g/mol. The van der Waals surface area contributed by atoms with Gasteiger partial charge in [0.25, 0.3) is 0 Å². The van der Waals surface area contributed by atoms with Crippen molar-refractivity contribution in [3.05, 3.63) is 0 Å². The number of esters is 1. The minimum atomic E-state index is 0.0963. The quantitative estimate of drug-likeness (QED) is 0.511. The van der Waals surface area contributed by atoms with E-state index in [0.29, 0.717) is 11.8 Å². The Balaban J connectivity index is 2.00. The van der Waals surface area contributed by atoms with E-state index >= 15 is 0 Å². The molecule has 4 rings (SSSR count). The third kappa shape index (κ3) is 0.644. The molecule has 5 atom stereocenters. The summed E-state index contributed by atoms with van der Waals surface area (Å²) in [4.78, 5) is 11.4. The molecular formula is C10H14O2. The molecule has 1 saturated heterocycles. The van der Waals surface area contributed by atoms with E-state index in [0.717, 1.165) is 12.3 Å². The van der Waals surface area contributed by atoms with Gasteiger partial charge in [0.1, 0.15) is 6.10 Å². The van der Waals surface area contributed by atoms with Crippen molar-refractivity contribution in [2.75, 3.05) is 0 Å². The first-order valence-electron chi connectivity index (χ1n) is 4.98. The average molecular weight is 166 g/mol. The third-order valence-electron chi connectivity index (χ3n) is 4.18. The molecule has 4 fully saturated rings. The summed E-state index contributed by atoms with van der Waals surface area (Å²) in [7, 11) is 0. The summed E-state index contributed by atoms with van der Waals surface area (Å²) in [6, 6.07) is 0. The van der Waals surface area contributed by atoms with Crippen LogP contribution >= 0.6 is 0 Å². The van der Waals surface area contributed by atoms with Gasteiger partial charge >= 0.3 is 5.97 Å². The number of carbonyl (C=O) groups is 1. The number of rotatable bonds is 0. The van der Waals surface area contributed by atoms with E-state index < -0.39 is 0 Å². The number of fused-ring (bicyclic) bond motifs is 1. The lowest BCUT2D eigenvalue weighted by molar-refractivity contribution is -0.144. The lowest BCUT2D eigenvalue weighted by Gasteiger charge is -2.43. The van der Waals surface area contributed by atoms with Gasteiger partial charge in [0, 0.05) is 5.92 Å². The molecule has 2 nitrogen and oxygen atoms in total. The normalized spacial score (nSPS) is 55.8. The van der Waals surface area contributed by atoms with Crippen LogP contribution in [0.25, 0.3) is 0 Å². The molecule has 1 aliphatic heterocycles. The summed E-state index contributed by atoms with van der Waals surface area (Å²) in [5.74, 6) is 2.37. The molecule has 0 N–H and O–H groups in total. The van der Waals surface area contributed by atoms with Gasteiger partial charge in [0.2, 0.25) is 0 Å². The first-order valence-corrected chi connectivity index (χ1v) is 4.98. The van der Waals surface area contributed by atoms with Crippen molar-refractivity contribution in [1.29, 1.82) is 0 Å². The second-order valence-corrected chi connectivity index (χ2v) is 4.60. The molecule has 5 unspecified atom stereocenters. The molecule has 4 bridgehead atoms. The molecule has 12 heavy (non-hydrogen) atoms. The number of ether oxygens (including phenoxy) is 1. The molecule has 0 radical (unpaired) electrons. The SMILES string of the molecule is CC1C2CCC3C(C2)C(=O)OC13. The summed E-state index contributed by atoms with van der Waals surface area (Å²) in [5.41, 5.74) is 0. The second kappa shape index (κ2) is 2.04. The lowest BCUT2D eigenvalue weighted by Crippen LogP contribution is -2.43. The minimum absolute atomic E-state index is 0.0963. The van der Waals surface area contributed by atoms with Gasteiger partial charge in [-0.15, -0.1) is 0 Å². The Morgan fingerprint density at radius 1 is 1.42 bits per heavy atom. The van der Waals surface area contributed by atoms with E-state index in [1.165, 1.54) is 12.8 Å². The maximum atomic E-state index is 11.4. The van der Waals surface area contributed by atoms with Crippen molar-refractivity contribution in [1.82, 2.24) is 0 Å². The molecule has 0 spiro atoms. The van der Waals surface area contributed by atoms with E-state index in [9.17, 15) is 4.79 Å². The highest BCUT2D eigenvalue weighted by Crippen LogP contribution is 2.53. The molecule has 0 amide bonds. The van der Waals surface area contributed by atoms with E-state index in [1.807, 2.05) is 0 Å². The third-order valence-corrected chi connectivity index (χ3v) is 4.18. The molecule has 66 valence electrons. The highest BCUT2D eigenvalue weighted by atomic mass is 16.6. The molecule has 0 aromatic rings. The molecule has 3 aliphatic carbocycles. The topological polar surface area (TPSA) is 26.3 Å². The zero-order valence-electron chi connectivity index (χ0n) is 7.32. The number of hydrogen-bond donors (Lipinski definition) is 0. The van der Waals surface area contributed by atoms with Crippen molar-refractivity contribution in [3.63, 3.8) is 0 Å². The van der Waals surface area contributed by atoms with E-state index in [4.69, 9.17) is 4.74 Å². The fourth-order valence-electron chi connectivity index (χ4n) is 3.44. The fraction of sp³-hybridized carbons (Fsp3) is 0.900. The van der Waals surface area contributed by atoms with Crippen LogP contribution in [0.15, 0.2) is 0 Å². The van der Waals surface area contributed by atoms with Crippen LogP contribution in [0.2, 0.25) is 0 Å². The Hall–Kier alpha value is -0.530. The molecule has 0 aromatic heterocycles. The van der Waals surface area contributed by atoms with Crippen LogP contribution in [-0.2, 0) is 9.53 Å². The second-order valence-electron chi connectivity index (χ2n) is 4.60. The molecule has 3 saturated carbocycles. The zero-order valence-corrected chi connectivity index (χ0v) is 7.32. The van der Waals surface area contributed by atoms with Crippen molar-refractivity contribution in [3.8, 4) is 0 Å². The number of carbonyl (C=O) groups excluding carboxylic acids is 1. The van der Waals surface area contributed by atoms with Crippen molar-refractivity contribution >= 4 is 5.97 Å². The molecule has 1 heterocycles. The van der Waals surface area contributed by atoms with Gasteiger partial charge < -0.3 is 4.74 Å². The fourth-order valence-corrected chi connectivity index (χ4v) is 3.44. The summed E-state index contributed by atoms with van der Waals surface area (Å²) in [6.45, 7) is 2.25. The Morgan fingerprint density at radius 2 is 2.25 bits per heavy atom. The summed E-state index contributed by atoms with van der Waals surface area (Å²) in [6.07, 6.45) is 3.96. The van der Waals surface area contributed by atoms with Gasteiger partial charge in [-0.1, -0.05) is 6.92 Å². The maximum absolute atomic E-state index is 11.4. The minimum Gasteiger partial charge on any atom is -0.462 e. The number of hydrogen-bond acceptors (Lipinski definition) is 2. The smallest absolute Gasteiger partial charge is 0.309 e. The van der Waals surface area contributed by atoms with Crippen LogP contribution in [0.1, 0.15) is 26.2 Å². The first-order chi connectivity index (χ1) is 5.77. The molecular weight excluding hydrogens is 152 g/mol. The predicted octanol–water partition coefficient (Wildman–Crippen LogP) is 1.59. The summed E-state index contributed by atoms with van der Waals surface area (Å²) < 4.78 is 5.39. The van der Waals surface area contributed by atoms with Crippen LogP contribution < -0.4 is 0 Å². The largest absolute Gasteiger partial charge is 0.462 e. The highest BCUT2D eigenvalue weighted by molar-refractivity contribution is 5.76. The zero-order chi connectivity index (χ0) is 8.29. The first kappa shape index (κ1) is 6.93. The highest BCUT2D eigenvalue weighted by Gasteiger charge is 2.56. The van der Waals surface area contributed by atoms with Gasteiger partial charge in [-0.25, -0.2) is 0 Å². The average Bonchev–Trinajstić information content (AvgIpc) is 2.37. The van der Waals surface area contributed by atoms with Gasteiger partial charge in [-0.3, -0.25) is 4.79 Å². The molecule has 2 heteroatoms. The van der Waals surface area contributed by atoms with Gasteiger partial charge in [0.05, 0.1) is 5.92 Å². The van der Waals surface area contributed by atoms with Crippen LogP contribution in [0.5, 0.6) is 0 Å². The Kier molecular flexibility index (Phi) is 1.18.